The lowest BCUT2D eigenvalue weighted by Crippen LogP contribution is -2.42. The molecule has 0 atom stereocenters. The van der Waals surface area contributed by atoms with Gasteiger partial charge >= 0.3 is 0 Å². The normalized spacial score (nSPS) is 17.1. The van der Waals surface area contributed by atoms with Crippen molar-refractivity contribution in [2.45, 2.75) is 39.5 Å². The highest BCUT2D eigenvalue weighted by molar-refractivity contribution is 7.13. The van der Waals surface area contributed by atoms with E-state index in [1.165, 1.54) is 17.1 Å². The first-order chi connectivity index (χ1) is 17.4. The Bertz CT molecular complexity index is 1240. The summed E-state index contributed by atoms with van der Waals surface area (Å²) in [6.45, 7) is 9.95. The number of morpholine rings is 1. The molecule has 0 aliphatic carbocycles. The van der Waals surface area contributed by atoms with E-state index in [4.69, 9.17) is 4.74 Å². The molecule has 0 spiro atoms. The molecule has 8 nitrogen and oxygen atoms in total. The van der Waals surface area contributed by atoms with Crippen molar-refractivity contribution in [3.05, 3.63) is 47.3 Å². The first-order valence-corrected chi connectivity index (χ1v) is 13.5. The molecule has 0 radical (unpaired) electrons. The van der Waals surface area contributed by atoms with Gasteiger partial charge in [0.15, 0.2) is 0 Å². The van der Waals surface area contributed by atoms with Crippen LogP contribution in [0, 0.1) is 12.8 Å². The number of aromatic nitrogens is 2. The highest BCUT2D eigenvalue weighted by Gasteiger charge is 2.31. The lowest BCUT2D eigenvalue weighted by molar-refractivity contribution is -0.120. The number of rotatable bonds is 5. The van der Waals surface area contributed by atoms with Crippen LogP contribution in [0.5, 0.6) is 0 Å². The summed E-state index contributed by atoms with van der Waals surface area (Å²) in [5.74, 6) is 0.437. The first kappa shape index (κ1) is 24.6. The van der Waals surface area contributed by atoms with Gasteiger partial charge in [0.2, 0.25) is 5.91 Å². The number of hydrogen-bond acceptors (Lipinski definition) is 7. The molecular formula is C27H33N5O3S. The quantitative estimate of drug-likeness (QED) is 0.549. The average Bonchev–Trinajstić information content (AvgIpc) is 3.29. The maximum atomic E-state index is 13.5. The zero-order valence-corrected chi connectivity index (χ0v) is 21.9. The second-order valence-electron chi connectivity index (χ2n) is 9.90. The van der Waals surface area contributed by atoms with Crippen LogP contribution in [0.15, 0.2) is 30.5 Å². The summed E-state index contributed by atoms with van der Waals surface area (Å²) >= 11 is 1.36. The SMILES string of the molecule is Cc1nsc2ncc(C(=O)N3CCOCC3)c(N3CCC(C(=O)Nc4ccc(C(C)C)cc4)CC3)c12. The topological polar surface area (TPSA) is 87.7 Å². The van der Waals surface area contributed by atoms with E-state index >= 15 is 0 Å². The number of fused-ring (bicyclic) bond motifs is 1. The number of anilines is 2. The summed E-state index contributed by atoms with van der Waals surface area (Å²) in [6, 6.07) is 8.10. The van der Waals surface area contributed by atoms with Crippen LogP contribution in [0.2, 0.25) is 0 Å². The second-order valence-corrected chi connectivity index (χ2v) is 10.7. The number of carbonyl (C=O) groups excluding carboxylic acids is 2. The first-order valence-electron chi connectivity index (χ1n) is 12.7. The van der Waals surface area contributed by atoms with Crippen molar-refractivity contribution in [2.75, 3.05) is 49.6 Å². The fraction of sp³-hybridized carbons (Fsp3) is 0.481. The molecule has 190 valence electrons. The van der Waals surface area contributed by atoms with Gasteiger partial charge in [-0.05, 0) is 54.9 Å². The van der Waals surface area contributed by atoms with Gasteiger partial charge in [-0.25, -0.2) is 4.98 Å². The van der Waals surface area contributed by atoms with Crippen LogP contribution >= 0.6 is 11.5 Å². The smallest absolute Gasteiger partial charge is 0.257 e. The van der Waals surface area contributed by atoms with Crippen molar-refractivity contribution < 1.29 is 14.3 Å². The molecule has 2 amide bonds. The summed E-state index contributed by atoms with van der Waals surface area (Å²) in [5.41, 5.74) is 4.50. The molecule has 2 aliphatic heterocycles. The molecular weight excluding hydrogens is 474 g/mol. The molecule has 4 heterocycles. The Hall–Kier alpha value is -3.04. The molecule has 2 fully saturated rings. The molecule has 2 aromatic heterocycles. The van der Waals surface area contributed by atoms with E-state index in [1.807, 2.05) is 24.0 Å². The van der Waals surface area contributed by atoms with Crippen LogP contribution in [0.3, 0.4) is 0 Å². The van der Waals surface area contributed by atoms with E-state index in [0.717, 1.165) is 40.1 Å². The van der Waals surface area contributed by atoms with Crippen LogP contribution in [0.4, 0.5) is 11.4 Å². The lowest BCUT2D eigenvalue weighted by Gasteiger charge is -2.35. The largest absolute Gasteiger partial charge is 0.378 e. The van der Waals surface area contributed by atoms with Crippen molar-refractivity contribution in [1.29, 1.82) is 0 Å². The maximum absolute atomic E-state index is 13.5. The van der Waals surface area contributed by atoms with Gasteiger partial charge in [-0.1, -0.05) is 26.0 Å². The third-order valence-electron chi connectivity index (χ3n) is 7.20. The van der Waals surface area contributed by atoms with Crippen molar-refractivity contribution in [1.82, 2.24) is 14.3 Å². The van der Waals surface area contributed by atoms with E-state index in [0.29, 0.717) is 50.9 Å². The van der Waals surface area contributed by atoms with Gasteiger partial charge in [0.1, 0.15) is 4.83 Å². The van der Waals surface area contributed by atoms with Crippen LogP contribution in [-0.2, 0) is 9.53 Å². The van der Waals surface area contributed by atoms with Crippen molar-refractivity contribution in [3.8, 4) is 0 Å². The number of amides is 2. The maximum Gasteiger partial charge on any atom is 0.257 e. The average molecular weight is 508 g/mol. The van der Waals surface area contributed by atoms with Crippen molar-refractivity contribution >= 4 is 44.9 Å². The zero-order chi connectivity index (χ0) is 25.2. The number of pyridine rings is 1. The Kier molecular flexibility index (Phi) is 7.20. The monoisotopic (exact) mass is 507 g/mol. The van der Waals surface area contributed by atoms with E-state index in [1.54, 1.807) is 6.20 Å². The Morgan fingerprint density at radius 2 is 1.78 bits per heavy atom. The Labute approximate surface area is 215 Å². The van der Waals surface area contributed by atoms with Gasteiger partial charge in [-0.15, -0.1) is 0 Å². The van der Waals surface area contributed by atoms with Crippen molar-refractivity contribution in [2.24, 2.45) is 5.92 Å². The fourth-order valence-electron chi connectivity index (χ4n) is 5.02. The number of nitrogens with zero attached hydrogens (tertiary/aromatic N) is 4. The third-order valence-corrected chi connectivity index (χ3v) is 8.05. The van der Waals surface area contributed by atoms with Gasteiger partial charge in [-0.2, -0.15) is 4.37 Å². The summed E-state index contributed by atoms with van der Waals surface area (Å²) in [5, 5.41) is 4.04. The Morgan fingerprint density at radius 3 is 2.44 bits per heavy atom. The number of nitrogens with one attached hydrogen (secondary N) is 1. The summed E-state index contributed by atoms with van der Waals surface area (Å²) < 4.78 is 9.95. The molecule has 0 bridgehead atoms. The molecule has 1 N–H and O–H groups in total. The van der Waals surface area contributed by atoms with Crippen LogP contribution in [0.1, 0.15) is 54.2 Å². The summed E-state index contributed by atoms with van der Waals surface area (Å²) in [7, 11) is 0. The summed E-state index contributed by atoms with van der Waals surface area (Å²) in [6.07, 6.45) is 3.15. The predicted octanol–water partition coefficient (Wildman–Crippen LogP) is 4.45. The molecule has 9 heteroatoms. The molecule has 3 aromatic rings. The fourth-order valence-corrected chi connectivity index (χ4v) is 5.77. The Balaban J connectivity index is 1.33. The lowest BCUT2D eigenvalue weighted by atomic mass is 9.94. The molecule has 36 heavy (non-hydrogen) atoms. The molecule has 1 aromatic carbocycles. The number of aryl methyl sites for hydroxylation is 1. The van der Waals surface area contributed by atoms with E-state index in [9.17, 15) is 9.59 Å². The van der Waals surface area contributed by atoms with Gasteiger partial charge in [0.25, 0.3) is 5.91 Å². The Morgan fingerprint density at radius 1 is 1.08 bits per heavy atom. The standard InChI is InChI=1S/C27H33N5O3S/c1-17(2)19-4-6-21(7-5-19)29-25(33)20-8-10-31(11-9-20)24-22(27(34)32-12-14-35-15-13-32)16-28-26-23(24)18(3)30-36-26/h4-7,16-17,20H,8-15H2,1-3H3,(H,29,33). The molecule has 0 saturated carbocycles. The number of hydrogen-bond donors (Lipinski definition) is 1. The van der Waals surface area contributed by atoms with Crippen LogP contribution in [-0.4, -0.2) is 65.5 Å². The number of piperidine rings is 1. The minimum Gasteiger partial charge on any atom is -0.378 e. The van der Waals surface area contributed by atoms with Gasteiger partial charge < -0.3 is 19.9 Å². The highest BCUT2D eigenvalue weighted by atomic mass is 32.1. The highest BCUT2D eigenvalue weighted by Crippen LogP contribution is 2.37. The minimum absolute atomic E-state index is 0.0157. The molecule has 0 unspecified atom stereocenters. The van der Waals surface area contributed by atoms with Gasteiger partial charge in [-0.3, -0.25) is 9.59 Å². The molecule has 5 rings (SSSR count). The number of benzene rings is 1. The molecule has 2 saturated heterocycles. The molecule has 2 aliphatic rings. The zero-order valence-electron chi connectivity index (χ0n) is 21.1. The third kappa shape index (κ3) is 4.95. The minimum atomic E-state index is -0.0663. The second kappa shape index (κ2) is 10.5. The van der Waals surface area contributed by atoms with E-state index < -0.39 is 0 Å². The summed E-state index contributed by atoms with van der Waals surface area (Å²) in [4.78, 5) is 36.0. The van der Waals surface area contributed by atoms with Crippen LogP contribution < -0.4 is 10.2 Å². The number of ether oxygens (including phenoxy) is 1. The number of carbonyl (C=O) groups is 2. The van der Waals surface area contributed by atoms with Crippen molar-refractivity contribution in [3.63, 3.8) is 0 Å². The van der Waals surface area contributed by atoms with E-state index in [-0.39, 0.29) is 17.7 Å². The van der Waals surface area contributed by atoms with E-state index in [2.05, 4.69) is 45.6 Å². The van der Waals surface area contributed by atoms with Crippen LogP contribution in [0.25, 0.3) is 10.2 Å². The van der Waals surface area contributed by atoms with Gasteiger partial charge in [0.05, 0.1) is 35.5 Å². The van der Waals surface area contributed by atoms with Gasteiger partial charge in [0, 0.05) is 44.0 Å². The predicted molar refractivity (Wildman–Crippen MR) is 143 cm³/mol.